The Morgan fingerprint density at radius 2 is 1.95 bits per heavy atom. The van der Waals surface area contributed by atoms with Gasteiger partial charge in [-0.15, -0.1) is 0 Å². The van der Waals surface area contributed by atoms with Gasteiger partial charge in [0.15, 0.2) is 22.8 Å². The largest absolute Gasteiger partial charge is 0.366 e. The molecule has 5 rings (SSSR count). The van der Waals surface area contributed by atoms with E-state index in [1.807, 2.05) is 6.07 Å². The van der Waals surface area contributed by atoms with Crippen molar-refractivity contribution in [1.29, 1.82) is 5.26 Å². The number of fused-ring (bicyclic) bond motifs is 2. The molecule has 4 atom stereocenters. The SMILES string of the molecule is CCOP(=O)(COC[C@H]1O[C@@H](n2ncc3c(N4CCC(F)(F)C4)c(C#N)c(Cl)nc32)[C@@H]2OC(C)(C)O[C@@H]21)OCC. The summed E-state index contributed by atoms with van der Waals surface area (Å²) in [6.07, 6.45) is -1.90. The van der Waals surface area contributed by atoms with Gasteiger partial charge in [0.1, 0.15) is 36.3 Å². The van der Waals surface area contributed by atoms with E-state index in [4.69, 9.17) is 39.6 Å². The number of nitriles is 1. The third kappa shape index (κ3) is 5.58. The molecule has 0 unspecified atom stereocenters. The molecule has 0 aromatic carbocycles. The normalized spacial score (nSPS) is 27.4. The number of pyridine rings is 1. The predicted molar refractivity (Wildman–Crippen MR) is 138 cm³/mol. The molecule has 2 aromatic heterocycles. The zero-order chi connectivity index (χ0) is 28.9. The van der Waals surface area contributed by atoms with E-state index in [1.54, 1.807) is 27.7 Å². The molecule has 0 amide bonds. The van der Waals surface area contributed by atoms with Gasteiger partial charge in [0.05, 0.1) is 43.6 Å². The lowest BCUT2D eigenvalue weighted by atomic mass is 10.1. The Balaban J connectivity index is 1.45. The van der Waals surface area contributed by atoms with Crippen LogP contribution in [0.2, 0.25) is 5.15 Å². The van der Waals surface area contributed by atoms with Crippen molar-refractivity contribution in [1.82, 2.24) is 14.8 Å². The van der Waals surface area contributed by atoms with Crippen molar-refractivity contribution >= 4 is 35.9 Å². The minimum absolute atomic E-state index is 0.00230. The van der Waals surface area contributed by atoms with E-state index < -0.39 is 50.4 Å². The number of anilines is 1. The first kappa shape index (κ1) is 29.5. The third-order valence-corrected chi connectivity index (χ3v) is 8.89. The smallest absolute Gasteiger partial charge is 0.356 e. The number of hydrogen-bond acceptors (Lipinski definition) is 11. The number of hydrogen-bond donors (Lipinski definition) is 0. The Morgan fingerprint density at radius 3 is 2.58 bits per heavy atom. The van der Waals surface area contributed by atoms with Crippen LogP contribution in [-0.2, 0) is 32.6 Å². The van der Waals surface area contributed by atoms with Gasteiger partial charge in [0, 0.05) is 13.0 Å². The standard InChI is InChI=1S/C24H31ClF2N5O7P/c1-5-35-40(33,36-6-2)13-34-11-16-18-19(39-23(3,4)38-18)22(37-16)32-21-15(10-29-32)17(14(9-28)20(25)30-21)31-8-7-24(26,27)12-31/h10,16,18-19,22H,5-8,11-13H2,1-4H3/t16-,18-,19-,22-/m1/s1. The zero-order valence-electron chi connectivity index (χ0n) is 22.5. The molecule has 3 aliphatic heterocycles. The molecular formula is C24H31ClF2N5O7P. The Kier molecular flexibility index (Phi) is 8.15. The zero-order valence-corrected chi connectivity index (χ0v) is 24.2. The van der Waals surface area contributed by atoms with E-state index in [0.717, 1.165) is 0 Å². The van der Waals surface area contributed by atoms with Gasteiger partial charge in [0.25, 0.3) is 5.92 Å². The van der Waals surface area contributed by atoms with Gasteiger partial charge in [0.2, 0.25) is 0 Å². The molecule has 12 nitrogen and oxygen atoms in total. The lowest BCUT2D eigenvalue weighted by molar-refractivity contribution is -0.202. The molecule has 5 heterocycles. The maximum atomic E-state index is 14.1. The summed E-state index contributed by atoms with van der Waals surface area (Å²) < 4.78 is 77.3. The fourth-order valence-corrected chi connectivity index (χ4v) is 6.88. The van der Waals surface area contributed by atoms with Crippen molar-refractivity contribution in [2.24, 2.45) is 0 Å². The number of halogens is 3. The second-order valence-corrected chi connectivity index (χ2v) is 12.5. The Labute approximate surface area is 234 Å². The fourth-order valence-electron chi connectivity index (χ4n) is 5.33. The van der Waals surface area contributed by atoms with Crippen LogP contribution in [0.25, 0.3) is 11.0 Å². The summed E-state index contributed by atoms with van der Waals surface area (Å²) in [5.41, 5.74) is 0.490. The molecule has 0 aliphatic carbocycles. The molecule has 40 heavy (non-hydrogen) atoms. The summed E-state index contributed by atoms with van der Waals surface area (Å²) in [6, 6.07) is 1.99. The van der Waals surface area contributed by atoms with Crippen LogP contribution < -0.4 is 4.90 Å². The van der Waals surface area contributed by atoms with E-state index >= 15 is 0 Å². The number of ether oxygens (including phenoxy) is 4. The predicted octanol–water partition coefficient (Wildman–Crippen LogP) is 4.46. The second kappa shape index (κ2) is 11.0. The number of rotatable bonds is 10. The molecule has 3 aliphatic rings. The van der Waals surface area contributed by atoms with E-state index in [2.05, 4.69) is 10.1 Å². The van der Waals surface area contributed by atoms with E-state index in [9.17, 15) is 18.6 Å². The van der Waals surface area contributed by atoms with Gasteiger partial charge < -0.3 is 32.9 Å². The average molecular weight is 606 g/mol. The molecule has 0 saturated carbocycles. The van der Waals surface area contributed by atoms with Crippen molar-refractivity contribution in [2.75, 3.05) is 44.2 Å². The van der Waals surface area contributed by atoms with Crippen LogP contribution in [0.5, 0.6) is 0 Å². The van der Waals surface area contributed by atoms with Gasteiger partial charge in [-0.2, -0.15) is 10.4 Å². The van der Waals surface area contributed by atoms with Crippen LogP contribution >= 0.6 is 19.2 Å². The van der Waals surface area contributed by atoms with Gasteiger partial charge in [-0.05, 0) is 27.7 Å². The lowest BCUT2D eigenvalue weighted by Crippen LogP contribution is -2.33. The van der Waals surface area contributed by atoms with E-state index in [-0.39, 0.29) is 61.2 Å². The first-order chi connectivity index (χ1) is 18.9. The molecule has 3 fully saturated rings. The molecule has 16 heteroatoms. The number of alkyl halides is 2. The van der Waals surface area contributed by atoms with Crippen LogP contribution in [0.1, 0.15) is 45.9 Å². The van der Waals surface area contributed by atoms with Gasteiger partial charge >= 0.3 is 7.60 Å². The summed E-state index contributed by atoms with van der Waals surface area (Å²) >= 11 is 6.39. The Bertz CT molecular complexity index is 1350. The summed E-state index contributed by atoms with van der Waals surface area (Å²) in [4.78, 5) is 5.82. The molecule has 3 saturated heterocycles. The molecular weight excluding hydrogens is 575 g/mol. The molecule has 2 aromatic rings. The molecule has 220 valence electrons. The van der Waals surface area contributed by atoms with Crippen molar-refractivity contribution in [3.8, 4) is 6.07 Å². The molecule has 0 bridgehead atoms. The summed E-state index contributed by atoms with van der Waals surface area (Å²) in [5, 5.41) is 14.5. The highest BCUT2D eigenvalue weighted by molar-refractivity contribution is 7.53. The average Bonchev–Trinajstić information content (AvgIpc) is 3.60. The number of aromatic nitrogens is 3. The van der Waals surface area contributed by atoms with Crippen molar-refractivity contribution in [3.63, 3.8) is 0 Å². The maximum Gasteiger partial charge on any atom is 0.356 e. The first-order valence-corrected chi connectivity index (χ1v) is 15.1. The van der Waals surface area contributed by atoms with E-state index in [0.29, 0.717) is 5.39 Å². The Hall–Kier alpha value is -1.95. The maximum absolute atomic E-state index is 14.1. The van der Waals surface area contributed by atoms with Gasteiger partial charge in [-0.1, -0.05) is 11.6 Å². The fraction of sp³-hybridized carbons (Fsp3) is 0.708. The Morgan fingerprint density at radius 1 is 1.25 bits per heavy atom. The highest BCUT2D eigenvalue weighted by atomic mass is 35.5. The highest BCUT2D eigenvalue weighted by Gasteiger charge is 2.56. The summed E-state index contributed by atoms with van der Waals surface area (Å²) in [5.74, 6) is -3.84. The second-order valence-electron chi connectivity index (χ2n) is 10.2. The van der Waals surface area contributed by atoms with Gasteiger partial charge in [-0.25, -0.2) is 18.4 Å². The monoisotopic (exact) mass is 605 g/mol. The van der Waals surface area contributed by atoms with E-state index in [1.165, 1.54) is 15.8 Å². The van der Waals surface area contributed by atoms with Crippen LogP contribution in [0, 0.1) is 11.3 Å². The van der Waals surface area contributed by atoms with Crippen LogP contribution in [0.3, 0.4) is 0 Å². The molecule has 0 spiro atoms. The van der Waals surface area contributed by atoms with Crippen molar-refractivity contribution in [3.05, 3.63) is 16.9 Å². The van der Waals surface area contributed by atoms with Crippen LogP contribution in [0.4, 0.5) is 14.5 Å². The minimum Gasteiger partial charge on any atom is -0.366 e. The first-order valence-electron chi connectivity index (χ1n) is 13.0. The van der Waals surface area contributed by atoms with Gasteiger partial charge in [-0.3, -0.25) is 4.57 Å². The quantitative estimate of drug-likeness (QED) is 0.281. The summed E-state index contributed by atoms with van der Waals surface area (Å²) in [6.45, 7) is 6.83. The van der Waals surface area contributed by atoms with Crippen molar-refractivity contribution in [2.45, 2.75) is 70.4 Å². The van der Waals surface area contributed by atoms with Crippen LogP contribution in [0.15, 0.2) is 6.20 Å². The number of nitrogens with zero attached hydrogens (tertiary/aromatic N) is 5. The summed E-state index contributed by atoms with van der Waals surface area (Å²) in [7, 11) is -3.44. The van der Waals surface area contributed by atoms with Crippen molar-refractivity contribution < 1.29 is 41.3 Å². The third-order valence-electron chi connectivity index (χ3n) is 6.82. The highest BCUT2D eigenvalue weighted by Crippen LogP contribution is 2.49. The van der Waals surface area contributed by atoms with Crippen LogP contribution in [-0.4, -0.2) is 84.0 Å². The minimum atomic E-state index is -3.44. The molecule has 0 N–H and O–H groups in total. The molecule has 0 radical (unpaired) electrons. The lowest BCUT2D eigenvalue weighted by Gasteiger charge is -2.25. The topological polar surface area (TPSA) is 130 Å².